The van der Waals surface area contributed by atoms with Gasteiger partial charge in [0.25, 0.3) is 0 Å². The van der Waals surface area contributed by atoms with Gasteiger partial charge in [-0.25, -0.2) is 4.39 Å². The van der Waals surface area contributed by atoms with Gasteiger partial charge in [0, 0.05) is 13.1 Å². The first-order chi connectivity index (χ1) is 8.02. The fourth-order valence-corrected chi connectivity index (χ4v) is 2.26. The Bertz CT molecular complexity index is 465. The first-order valence-corrected chi connectivity index (χ1v) is 5.69. The van der Waals surface area contributed by atoms with Crippen LogP contribution in [-0.2, 0) is 0 Å². The second-order valence-electron chi connectivity index (χ2n) is 4.80. The molecule has 90 valence electrons. The van der Waals surface area contributed by atoms with Crippen LogP contribution in [0.15, 0.2) is 18.2 Å². The molecule has 1 unspecified atom stereocenters. The zero-order valence-corrected chi connectivity index (χ0v) is 9.78. The average Bonchev–Trinajstić information content (AvgIpc) is 2.27. The summed E-state index contributed by atoms with van der Waals surface area (Å²) in [6.07, 6.45) is 1.58. The molecule has 1 aliphatic heterocycles. The zero-order chi connectivity index (χ0) is 12.5. The molecule has 0 spiro atoms. The highest BCUT2D eigenvalue weighted by Gasteiger charge is 2.29. The maximum atomic E-state index is 13.8. The van der Waals surface area contributed by atoms with E-state index in [9.17, 15) is 9.50 Å². The van der Waals surface area contributed by atoms with Crippen LogP contribution in [0.2, 0.25) is 0 Å². The van der Waals surface area contributed by atoms with Gasteiger partial charge in [-0.3, -0.25) is 0 Å². The molecule has 0 amide bonds. The van der Waals surface area contributed by atoms with E-state index >= 15 is 0 Å². The SMILES string of the molecule is CC1(O)CCCN(c2ccc(C#N)cc2F)C1. The molecule has 17 heavy (non-hydrogen) atoms. The molecule has 0 bridgehead atoms. The van der Waals surface area contributed by atoms with Crippen LogP contribution in [0.5, 0.6) is 0 Å². The van der Waals surface area contributed by atoms with Gasteiger partial charge in [-0.05, 0) is 38.0 Å². The number of hydrogen-bond donors (Lipinski definition) is 1. The third kappa shape index (κ3) is 2.56. The van der Waals surface area contributed by atoms with Gasteiger partial charge in [-0.15, -0.1) is 0 Å². The van der Waals surface area contributed by atoms with Crippen molar-refractivity contribution in [2.75, 3.05) is 18.0 Å². The molecule has 1 atom stereocenters. The summed E-state index contributed by atoms with van der Waals surface area (Å²) < 4.78 is 13.8. The summed E-state index contributed by atoms with van der Waals surface area (Å²) in [5.74, 6) is -0.401. The van der Waals surface area contributed by atoms with Crippen molar-refractivity contribution in [3.05, 3.63) is 29.6 Å². The van der Waals surface area contributed by atoms with E-state index in [-0.39, 0.29) is 0 Å². The number of nitrogens with zero attached hydrogens (tertiary/aromatic N) is 2. The minimum absolute atomic E-state index is 0.315. The van der Waals surface area contributed by atoms with Crippen LogP contribution in [-0.4, -0.2) is 23.8 Å². The summed E-state index contributed by atoms with van der Waals surface area (Å²) in [6.45, 7) is 2.93. The van der Waals surface area contributed by atoms with Crippen molar-refractivity contribution in [3.8, 4) is 6.07 Å². The smallest absolute Gasteiger partial charge is 0.147 e. The van der Waals surface area contributed by atoms with E-state index in [0.717, 1.165) is 19.4 Å². The van der Waals surface area contributed by atoms with Crippen LogP contribution in [0, 0.1) is 17.1 Å². The van der Waals surface area contributed by atoms with E-state index in [0.29, 0.717) is 17.8 Å². The third-order valence-electron chi connectivity index (χ3n) is 3.09. The lowest BCUT2D eigenvalue weighted by atomic mass is 9.94. The minimum atomic E-state index is -0.765. The predicted octanol–water partition coefficient (Wildman–Crippen LogP) is 2.05. The zero-order valence-electron chi connectivity index (χ0n) is 9.78. The molecular formula is C13H15FN2O. The highest BCUT2D eigenvalue weighted by Crippen LogP contribution is 2.27. The molecule has 3 nitrogen and oxygen atoms in total. The Labute approximate surface area is 100 Å². The molecule has 2 rings (SSSR count). The van der Waals surface area contributed by atoms with Crippen molar-refractivity contribution in [1.29, 1.82) is 5.26 Å². The van der Waals surface area contributed by atoms with Crippen molar-refractivity contribution in [2.24, 2.45) is 0 Å². The van der Waals surface area contributed by atoms with Gasteiger partial charge in [0.1, 0.15) is 5.82 Å². The second kappa shape index (κ2) is 4.34. The molecule has 1 aromatic rings. The van der Waals surface area contributed by atoms with Crippen LogP contribution in [0.1, 0.15) is 25.3 Å². The summed E-state index contributed by atoms with van der Waals surface area (Å²) in [6, 6.07) is 6.35. The molecule has 0 aromatic heterocycles. The minimum Gasteiger partial charge on any atom is -0.388 e. The van der Waals surface area contributed by atoms with Crippen LogP contribution < -0.4 is 4.90 Å². The average molecular weight is 234 g/mol. The number of anilines is 1. The fraction of sp³-hybridized carbons (Fsp3) is 0.462. The predicted molar refractivity (Wildman–Crippen MR) is 63.2 cm³/mol. The number of halogens is 1. The molecule has 0 aliphatic carbocycles. The third-order valence-corrected chi connectivity index (χ3v) is 3.09. The number of rotatable bonds is 1. The van der Waals surface area contributed by atoms with Crippen molar-refractivity contribution in [3.63, 3.8) is 0 Å². The van der Waals surface area contributed by atoms with Gasteiger partial charge in [-0.1, -0.05) is 0 Å². The lowest BCUT2D eigenvalue weighted by Gasteiger charge is -2.38. The Kier molecular flexibility index (Phi) is 3.03. The Hall–Kier alpha value is -1.60. The molecular weight excluding hydrogens is 219 g/mol. The molecule has 1 aliphatic rings. The molecule has 0 saturated carbocycles. The van der Waals surface area contributed by atoms with Gasteiger partial charge >= 0.3 is 0 Å². The van der Waals surface area contributed by atoms with E-state index in [1.54, 1.807) is 19.1 Å². The lowest BCUT2D eigenvalue weighted by Crippen LogP contribution is -2.46. The van der Waals surface area contributed by atoms with E-state index in [2.05, 4.69) is 0 Å². The maximum absolute atomic E-state index is 13.8. The standard InChI is InChI=1S/C13H15FN2O/c1-13(17)5-2-6-16(9-13)12-4-3-10(8-15)7-11(12)14/h3-4,7,17H,2,5-6,9H2,1H3. The molecule has 4 heteroatoms. The quantitative estimate of drug-likeness (QED) is 0.809. The second-order valence-corrected chi connectivity index (χ2v) is 4.80. The molecule has 1 saturated heterocycles. The topological polar surface area (TPSA) is 47.3 Å². The maximum Gasteiger partial charge on any atom is 0.147 e. The van der Waals surface area contributed by atoms with Crippen LogP contribution in [0.3, 0.4) is 0 Å². The summed E-state index contributed by atoms with van der Waals surface area (Å²) in [4.78, 5) is 1.83. The normalized spacial score (nSPS) is 24.5. The summed E-state index contributed by atoms with van der Waals surface area (Å²) in [7, 11) is 0. The number of piperidine rings is 1. The summed E-state index contributed by atoms with van der Waals surface area (Å²) >= 11 is 0. The van der Waals surface area contributed by atoms with Gasteiger partial charge < -0.3 is 10.0 Å². The van der Waals surface area contributed by atoms with Gasteiger partial charge in [-0.2, -0.15) is 5.26 Å². The number of β-amino-alcohol motifs (C(OH)–C–C–N with tert-alkyl or cyclic N) is 1. The number of hydrogen-bond acceptors (Lipinski definition) is 3. The molecule has 1 heterocycles. The van der Waals surface area contributed by atoms with E-state index in [1.807, 2.05) is 11.0 Å². The lowest BCUT2D eigenvalue weighted by molar-refractivity contribution is 0.0447. The van der Waals surface area contributed by atoms with Crippen LogP contribution >= 0.6 is 0 Å². The Morgan fingerprint density at radius 3 is 2.88 bits per heavy atom. The van der Waals surface area contributed by atoms with Crippen molar-refractivity contribution >= 4 is 5.69 Å². The summed E-state index contributed by atoms with van der Waals surface area (Å²) in [5, 5.41) is 18.7. The molecule has 0 radical (unpaired) electrons. The van der Waals surface area contributed by atoms with Crippen molar-refractivity contribution in [2.45, 2.75) is 25.4 Å². The molecule has 1 fully saturated rings. The monoisotopic (exact) mass is 234 g/mol. The number of benzene rings is 1. The van der Waals surface area contributed by atoms with Gasteiger partial charge in [0.2, 0.25) is 0 Å². The highest BCUT2D eigenvalue weighted by atomic mass is 19.1. The van der Waals surface area contributed by atoms with E-state index in [4.69, 9.17) is 5.26 Å². The van der Waals surface area contributed by atoms with Gasteiger partial charge in [0.15, 0.2) is 0 Å². The highest BCUT2D eigenvalue weighted by molar-refractivity contribution is 5.51. The first kappa shape index (κ1) is 11.9. The summed E-state index contributed by atoms with van der Waals surface area (Å²) in [5.41, 5.74) is 0.0116. The Morgan fingerprint density at radius 2 is 2.29 bits per heavy atom. The van der Waals surface area contributed by atoms with Gasteiger partial charge in [0.05, 0.1) is 22.9 Å². The Morgan fingerprint density at radius 1 is 1.53 bits per heavy atom. The largest absolute Gasteiger partial charge is 0.388 e. The molecule has 1 N–H and O–H groups in total. The van der Waals surface area contributed by atoms with E-state index < -0.39 is 11.4 Å². The molecule has 1 aromatic carbocycles. The van der Waals surface area contributed by atoms with Crippen LogP contribution in [0.25, 0.3) is 0 Å². The van der Waals surface area contributed by atoms with Crippen molar-refractivity contribution in [1.82, 2.24) is 0 Å². The number of aliphatic hydroxyl groups is 1. The van der Waals surface area contributed by atoms with Crippen molar-refractivity contribution < 1.29 is 9.50 Å². The van der Waals surface area contributed by atoms with E-state index in [1.165, 1.54) is 6.07 Å². The fourth-order valence-electron chi connectivity index (χ4n) is 2.26. The Balaban J connectivity index is 2.26. The number of nitriles is 1. The first-order valence-electron chi connectivity index (χ1n) is 5.69. The van der Waals surface area contributed by atoms with Crippen LogP contribution in [0.4, 0.5) is 10.1 Å².